The van der Waals surface area contributed by atoms with E-state index >= 15 is 0 Å². The Morgan fingerprint density at radius 1 is 1.29 bits per heavy atom. The van der Waals surface area contributed by atoms with Crippen LogP contribution in [0.4, 0.5) is 0 Å². The predicted molar refractivity (Wildman–Crippen MR) is 75.4 cm³/mol. The maximum absolute atomic E-state index is 11.4. The fourth-order valence-corrected chi connectivity index (χ4v) is 2.79. The van der Waals surface area contributed by atoms with Crippen LogP contribution in [0.25, 0.3) is 6.08 Å². The standard InChI is InChI=1S/C10H6Br2N2O2S/c11-5-1-4(8(15)6(12)3-5)2-7-9(16)14-10(17)13-7/h1-3,15H,(H2,13,14,16,17). The molecule has 1 fully saturated rings. The molecule has 0 saturated carbocycles. The molecule has 0 aromatic heterocycles. The van der Waals surface area contributed by atoms with Crippen molar-refractivity contribution in [2.45, 2.75) is 0 Å². The number of rotatable bonds is 1. The molecule has 3 N–H and O–H groups in total. The fraction of sp³-hybridized carbons (Fsp3) is 0. The molecule has 7 heteroatoms. The van der Waals surface area contributed by atoms with Gasteiger partial charge in [0.25, 0.3) is 5.91 Å². The van der Waals surface area contributed by atoms with Crippen molar-refractivity contribution in [3.63, 3.8) is 0 Å². The van der Waals surface area contributed by atoms with Gasteiger partial charge in [-0.15, -0.1) is 0 Å². The number of benzene rings is 1. The van der Waals surface area contributed by atoms with Crippen molar-refractivity contribution in [2.24, 2.45) is 0 Å². The van der Waals surface area contributed by atoms with Gasteiger partial charge >= 0.3 is 0 Å². The van der Waals surface area contributed by atoms with E-state index in [-0.39, 0.29) is 16.8 Å². The number of phenolic OH excluding ortho intramolecular Hbond substituents is 1. The number of nitrogens with one attached hydrogen (secondary N) is 2. The smallest absolute Gasteiger partial charge is 0.273 e. The van der Waals surface area contributed by atoms with Crippen molar-refractivity contribution in [1.29, 1.82) is 0 Å². The van der Waals surface area contributed by atoms with Gasteiger partial charge in [-0.2, -0.15) is 0 Å². The fourth-order valence-electron chi connectivity index (χ4n) is 1.33. The molecule has 1 aliphatic heterocycles. The first-order chi connectivity index (χ1) is 7.97. The van der Waals surface area contributed by atoms with Gasteiger partial charge in [-0.1, -0.05) is 15.9 Å². The van der Waals surface area contributed by atoms with Crippen molar-refractivity contribution >= 4 is 61.2 Å². The van der Waals surface area contributed by atoms with Crippen LogP contribution in [0.5, 0.6) is 5.75 Å². The van der Waals surface area contributed by atoms with E-state index in [0.717, 1.165) is 4.47 Å². The lowest BCUT2D eigenvalue weighted by atomic mass is 10.1. The molecule has 0 spiro atoms. The zero-order valence-corrected chi connectivity index (χ0v) is 12.2. The summed E-state index contributed by atoms with van der Waals surface area (Å²) in [6.45, 7) is 0. The van der Waals surface area contributed by atoms with Crippen molar-refractivity contribution in [2.75, 3.05) is 0 Å². The number of amides is 1. The van der Waals surface area contributed by atoms with Crippen LogP contribution in [0.1, 0.15) is 5.56 Å². The normalized spacial score (nSPS) is 17.2. The highest BCUT2D eigenvalue weighted by molar-refractivity contribution is 9.11. The Hall–Kier alpha value is -0.920. The Morgan fingerprint density at radius 3 is 2.59 bits per heavy atom. The summed E-state index contributed by atoms with van der Waals surface area (Å²) in [7, 11) is 0. The van der Waals surface area contributed by atoms with E-state index in [0.29, 0.717) is 15.7 Å². The van der Waals surface area contributed by atoms with E-state index in [4.69, 9.17) is 12.2 Å². The van der Waals surface area contributed by atoms with Crippen LogP contribution in [0.2, 0.25) is 0 Å². The van der Waals surface area contributed by atoms with Crippen LogP contribution in [-0.4, -0.2) is 16.1 Å². The van der Waals surface area contributed by atoms with Gasteiger partial charge in [-0.25, -0.2) is 0 Å². The molecule has 0 atom stereocenters. The summed E-state index contributed by atoms with van der Waals surface area (Å²) in [5, 5.41) is 15.2. The zero-order chi connectivity index (χ0) is 12.6. The van der Waals surface area contributed by atoms with Gasteiger partial charge in [-0.3, -0.25) is 10.1 Å². The molecule has 1 aromatic carbocycles. The first kappa shape index (κ1) is 12.5. The molecular weight excluding hydrogens is 372 g/mol. The molecule has 1 heterocycles. The third kappa shape index (κ3) is 2.67. The lowest BCUT2D eigenvalue weighted by Crippen LogP contribution is -2.21. The number of thiocarbonyl (C=S) groups is 1. The van der Waals surface area contributed by atoms with Gasteiger partial charge in [0.05, 0.1) is 4.47 Å². The molecule has 0 unspecified atom stereocenters. The molecule has 4 nitrogen and oxygen atoms in total. The van der Waals surface area contributed by atoms with E-state index in [9.17, 15) is 9.90 Å². The first-order valence-electron chi connectivity index (χ1n) is 4.49. The lowest BCUT2D eigenvalue weighted by Gasteiger charge is -2.04. The molecular formula is C10H6Br2N2O2S. The largest absolute Gasteiger partial charge is 0.506 e. The third-order valence-corrected chi connectivity index (χ3v) is 3.34. The summed E-state index contributed by atoms with van der Waals surface area (Å²) in [6.07, 6.45) is 1.53. The van der Waals surface area contributed by atoms with Gasteiger partial charge < -0.3 is 10.4 Å². The van der Waals surface area contributed by atoms with Crippen LogP contribution in [0.3, 0.4) is 0 Å². The van der Waals surface area contributed by atoms with Crippen LogP contribution >= 0.6 is 44.1 Å². The third-order valence-electron chi connectivity index (χ3n) is 2.08. The predicted octanol–water partition coefficient (Wildman–Crippen LogP) is 2.26. The molecule has 0 radical (unpaired) electrons. The molecule has 0 aliphatic carbocycles. The second-order valence-corrected chi connectivity index (χ2v) is 5.47. The van der Waals surface area contributed by atoms with Crippen molar-refractivity contribution in [1.82, 2.24) is 10.6 Å². The van der Waals surface area contributed by atoms with E-state index < -0.39 is 0 Å². The number of hydrogen-bond acceptors (Lipinski definition) is 3. The SMILES string of the molecule is O=C1NC(=S)NC1=Cc1cc(Br)cc(Br)c1O. The van der Waals surface area contributed by atoms with Crippen molar-refractivity contribution < 1.29 is 9.90 Å². The number of halogens is 2. The van der Waals surface area contributed by atoms with E-state index in [1.165, 1.54) is 6.08 Å². The second-order valence-electron chi connectivity index (χ2n) is 3.29. The number of aromatic hydroxyl groups is 1. The molecule has 17 heavy (non-hydrogen) atoms. The van der Waals surface area contributed by atoms with Gasteiger partial charge in [0.2, 0.25) is 0 Å². The van der Waals surface area contributed by atoms with Crippen molar-refractivity contribution in [3.8, 4) is 5.75 Å². The first-order valence-corrected chi connectivity index (χ1v) is 6.49. The second kappa shape index (κ2) is 4.75. The average molecular weight is 378 g/mol. The quantitative estimate of drug-likeness (QED) is 0.519. The number of hydrogen-bond donors (Lipinski definition) is 3. The van der Waals surface area contributed by atoms with Crippen molar-refractivity contribution in [3.05, 3.63) is 32.3 Å². The topological polar surface area (TPSA) is 61.4 Å². The molecule has 1 saturated heterocycles. The minimum Gasteiger partial charge on any atom is -0.506 e. The van der Waals surface area contributed by atoms with Gasteiger partial charge in [0.15, 0.2) is 5.11 Å². The summed E-state index contributed by atoms with van der Waals surface area (Å²) in [5.74, 6) is -0.251. The van der Waals surface area contributed by atoms with Gasteiger partial charge in [0.1, 0.15) is 11.4 Å². The summed E-state index contributed by atoms with van der Waals surface area (Å²) in [6, 6.07) is 3.41. The highest BCUT2D eigenvalue weighted by Gasteiger charge is 2.20. The highest BCUT2D eigenvalue weighted by Crippen LogP contribution is 2.33. The number of phenols is 1. The summed E-state index contributed by atoms with van der Waals surface area (Å²) in [5.41, 5.74) is 0.809. The summed E-state index contributed by atoms with van der Waals surface area (Å²) < 4.78 is 1.33. The van der Waals surface area contributed by atoms with Gasteiger partial charge in [-0.05, 0) is 46.4 Å². The Labute approximate surface area is 119 Å². The Balaban J connectivity index is 2.46. The molecule has 88 valence electrons. The average Bonchev–Trinajstić information content (AvgIpc) is 2.53. The maximum Gasteiger partial charge on any atom is 0.273 e. The molecule has 1 amide bonds. The monoisotopic (exact) mass is 376 g/mol. The van der Waals surface area contributed by atoms with Crippen LogP contribution < -0.4 is 10.6 Å². The minimum atomic E-state index is -0.314. The number of carbonyl (C=O) groups excluding carboxylic acids is 1. The summed E-state index contributed by atoms with van der Waals surface area (Å²) in [4.78, 5) is 11.4. The molecule has 0 bridgehead atoms. The van der Waals surface area contributed by atoms with E-state index in [1.807, 2.05) is 0 Å². The van der Waals surface area contributed by atoms with Gasteiger partial charge in [0, 0.05) is 10.0 Å². The molecule has 1 aliphatic rings. The minimum absolute atomic E-state index is 0.0631. The van der Waals surface area contributed by atoms with Crippen LogP contribution in [0, 0.1) is 0 Å². The number of carbonyl (C=O) groups is 1. The Morgan fingerprint density at radius 2 is 2.00 bits per heavy atom. The Bertz CT molecular complexity index is 557. The zero-order valence-electron chi connectivity index (χ0n) is 8.25. The molecule has 1 aromatic rings. The lowest BCUT2D eigenvalue weighted by molar-refractivity contribution is -0.115. The summed E-state index contributed by atoms with van der Waals surface area (Å²) >= 11 is 11.3. The van der Waals surface area contributed by atoms with E-state index in [2.05, 4.69) is 42.5 Å². The van der Waals surface area contributed by atoms with E-state index in [1.54, 1.807) is 12.1 Å². The van der Waals surface area contributed by atoms with Crippen LogP contribution in [0.15, 0.2) is 26.8 Å². The maximum atomic E-state index is 11.4. The Kier molecular flexibility index (Phi) is 3.50. The highest BCUT2D eigenvalue weighted by atomic mass is 79.9. The van der Waals surface area contributed by atoms with Crippen LogP contribution in [-0.2, 0) is 4.79 Å². The molecule has 2 rings (SSSR count).